The van der Waals surface area contributed by atoms with Crippen LogP contribution >= 0.6 is 0 Å². The van der Waals surface area contributed by atoms with E-state index in [2.05, 4.69) is 5.32 Å². The van der Waals surface area contributed by atoms with Crippen molar-refractivity contribution in [1.29, 1.82) is 0 Å². The van der Waals surface area contributed by atoms with Crippen molar-refractivity contribution < 1.29 is 13.6 Å². The summed E-state index contributed by atoms with van der Waals surface area (Å²) in [4.78, 5) is 13.4. The minimum Gasteiger partial charge on any atom is -0.396 e. The summed E-state index contributed by atoms with van der Waals surface area (Å²) < 4.78 is 26.4. The average molecular weight is 243 g/mol. The molecule has 94 valence electrons. The van der Waals surface area contributed by atoms with E-state index in [-0.39, 0.29) is 11.3 Å². The smallest absolute Gasteiger partial charge is 0.254 e. The molecule has 0 saturated heterocycles. The molecule has 0 bridgehead atoms. The van der Waals surface area contributed by atoms with Gasteiger partial charge >= 0.3 is 0 Å². The first-order chi connectivity index (χ1) is 7.91. The van der Waals surface area contributed by atoms with Crippen molar-refractivity contribution in [2.24, 2.45) is 0 Å². The van der Waals surface area contributed by atoms with E-state index in [1.807, 2.05) is 19.0 Å². The Morgan fingerprint density at radius 2 is 2.00 bits per heavy atom. The van der Waals surface area contributed by atoms with Crippen LogP contribution in [0.5, 0.6) is 0 Å². The molecule has 0 radical (unpaired) electrons. The molecule has 6 heteroatoms. The Bertz CT molecular complexity index is 421. The highest BCUT2D eigenvalue weighted by Crippen LogP contribution is 2.16. The summed E-state index contributed by atoms with van der Waals surface area (Å²) in [5.41, 5.74) is 4.53. The SMILES string of the molecule is CN(C)CCNC(=O)c1cc(F)c(N)cc1F. The van der Waals surface area contributed by atoms with Crippen LogP contribution in [0.2, 0.25) is 0 Å². The van der Waals surface area contributed by atoms with Crippen LogP contribution in [-0.4, -0.2) is 38.0 Å². The van der Waals surface area contributed by atoms with Crippen molar-refractivity contribution in [3.63, 3.8) is 0 Å². The van der Waals surface area contributed by atoms with E-state index in [9.17, 15) is 13.6 Å². The number of carbonyl (C=O) groups excluding carboxylic acids is 1. The van der Waals surface area contributed by atoms with E-state index < -0.39 is 17.5 Å². The lowest BCUT2D eigenvalue weighted by Gasteiger charge is -2.11. The van der Waals surface area contributed by atoms with E-state index in [0.717, 1.165) is 12.1 Å². The number of likely N-dealkylation sites (N-methyl/N-ethyl adjacent to an activating group) is 1. The summed E-state index contributed by atoms with van der Waals surface area (Å²) in [5, 5.41) is 2.49. The minimum absolute atomic E-state index is 0.313. The van der Waals surface area contributed by atoms with Crippen LogP contribution in [0.3, 0.4) is 0 Å². The van der Waals surface area contributed by atoms with Gasteiger partial charge in [0.2, 0.25) is 0 Å². The van der Waals surface area contributed by atoms with Crippen LogP contribution < -0.4 is 11.1 Å². The molecule has 0 heterocycles. The van der Waals surface area contributed by atoms with E-state index in [1.165, 1.54) is 0 Å². The zero-order chi connectivity index (χ0) is 13.0. The predicted molar refractivity (Wildman–Crippen MR) is 61.7 cm³/mol. The highest BCUT2D eigenvalue weighted by molar-refractivity contribution is 5.94. The molecule has 0 aromatic heterocycles. The van der Waals surface area contributed by atoms with Crippen LogP contribution in [0.1, 0.15) is 10.4 Å². The third-order valence-corrected chi connectivity index (χ3v) is 2.18. The van der Waals surface area contributed by atoms with Gasteiger partial charge in [0, 0.05) is 19.2 Å². The van der Waals surface area contributed by atoms with Crippen molar-refractivity contribution in [1.82, 2.24) is 10.2 Å². The molecule has 0 atom stereocenters. The molecular formula is C11H15F2N3O. The average Bonchev–Trinajstić information content (AvgIpc) is 2.22. The number of nitrogens with two attached hydrogens (primary N) is 1. The van der Waals surface area contributed by atoms with Gasteiger partial charge < -0.3 is 16.0 Å². The normalized spacial score (nSPS) is 10.6. The fraction of sp³-hybridized carbons (Fsp3) is 0.364. The van der Waals surface area contributed by atoms with Crippen LogP contribution in [-0.2, 0) is 0 Å². The van der Waals surface area contributed by atoms with Gasteiger partial charge in [-0.05, 0) is 20.2 Å². The zero-order valence-electron chi connectivity index (χ0n) is 9.76. The molecule has 0 fully saturated rings. The van der Waals surface area contributed by atoms with E-state index >= 15 is 0 Å². The maximum Gasteiger partial charge on any atom is 0.254 e. The topological polar surface area (TPSA) is 58.4 Å². The minimum atomic E-state index is -0.828. The molecule has 0 aliphatic carbocycles. The predicted octanol–water partition coefficient (Wildman–Crippen LogP) is 0.838. The van der Waals surface area contributed by atoms with Crippen LogP contribution in [0, 0.1) is 11.6 Å². The molecule has 0 aliphatic heterocycles. The van der Waals surface area contributed by atoms with Crippen molar-refractivity contribution in [3.8, 4) is 0 Å². The number of nitrogen functional groups attached to an aromatic ring is 1. The first-order valence-electron chi connectivity index (χ1n) is 5.09. The Kier molecular flexibility index (Phi) is 4.39. The fourth-order valence-corrected chi connectivity index (χ4v) is 1.22. The lowest BCUT2D eigenvalue weighted by molar-refractivity contribution is 0.0946. The highest BCUT2D eigenvalue weighted by atomic mass is 19.1. The number of halogens is 2. The highest BCUT2D eigenvalue weighted by Gasteiger charge is 2.14. The summed E-state index contributed by atoms with van der Waals surface area (Å²) in [6.07, 6.45) is 0. The quantitative estimate of drug-likeness (QED) is 0.770. The van der Waals surface area contributed by atoms with E-state index in [4.69, 9.17) is 5.73 Å². The van der Waals surface area contributed by atoms with Crippen molar-refractivity contribution >= 4 is 11.6 Å². The van der Waals surface area contributed by atoms with Gasteiger partial charge in [-0.2, -0.15) is 0 Å². The standard InChI is InChI=1S/C11H15F2N3O/c1-16(2)4-3-15-11(17)7-5-9(13)10(14)6-8(7)12/h5-6H,3-4,14H2,1-2H3,(H,15,17). The molecule has 1 aromatic carbocycles. The summed E-state index contributed by atoms with van der Waals surface area (Å²) >= 11 is 0. The maximum absolute atomic E-state index is 13.3. The Hall–Kier alpha value is -1.69. The molecule has 0 aliphatic rings. The van der Waals surface area contributed by atoms with Gasteiger partial charge in [-0.3, -0.25) is 4.79 Å². The Morgan fingerprint density at radius 3 is 2.59 bits per heavy atom. The second kappa shape index (κ2) is 5.58. The number of anilines is 1. The molecule has 0 spiro atoms. The van der Waals surface area contributed by atoms with Gasteiger partial charge in [-0.1, -0.05) is 0 Å². The maximum atomic E-state index is 13.3. The number of hydrogen-bond acceptors (Lipinski definition) is 3. The number of rotatable bonds is 4. The molecule has 0 unspecified atom stereocenters. The number of nitrogens with one attached hydrogen (secondary N) is 1. The van der Waals surface area contributed by atoms with Gasteiger partial charge in [0.25, 0.3) is 5.91 Å². The summed E-state index contributed by atoms with van der Waals surface area (Å²) in [6.45, 7) is 0.974. The van der Waals surface area contributed by atoms with Crippen molar-refractivity contribution in [2.45, 2.75) is 0 Å². The number of hydrogen-bond donors (Lipinski definition) is 2. The largest absolute Gasteiger partial charge is 0.396 e. The molecule has 1 amide bonds. The van der Waals surface area contributed by atoms with Crippen LogP contribution in [0.4, 0.5) is 14.5 Å². The monoisotopic (exact) mass is 243 g/mol. The first-order valence-corrected chi connectivity index (χ1v) is 5.09. The fourth-order valence-electron chi connectivity index (χ4n) is 1.22. The van der Waals surface area contributed by atoms with Gasteiger partial charge in [0.15, 0.2) is 0 Å². The summed E-state index contributed by atoms with van der Waals surface area (Å²) in [6, 6.07) is 1.60. The number of amides is 1. The van der Waals surface area contributed by atoms with Crippen molar-refractivity contribution in [3.05, 3.63) is 29.3 Å². The molecule has 1 rings (SSSR count). The molecule has 17 heavy (non-hydrogen) atoms. The summed E-state index contributed by atoms with van der Waals surface area (Å²) in [7, 11) is 3.69. The molecule has 0 saturated carbocycles. The number of carbonyl (C=O) groups is 1. The Labute approximate surface area is 98.4 Å². The van der Waals surface area contributed by atoms with Crippen LogP contribution in [0.25, 0.3) is 0 Å². The van der Waals surface area contributed by atoms with E-state index in [1.54, 1.807) is 0 Å². The Balaban J connectivity index is 2.72. The third-order valence-electron chi connectivity index (χ3n) is 2.18. The zero-order valence-corrected chi connectivity index (χ0v) is 9.76. The third kappa shape index (κ3) is 3.67. The second-order valence-electron chi connectivity index (χ2n) is 3.91. The van der Waals surface area contributed by atoms with Gasteiger partial charge in [-0.15, -0.1) is 0 Å². The van der Waals surface area contributed by atoms with E-state index in [0.29, 0.717) is 13.1 Å². The second-order valence-corrected chi connectivity index (χ2v) is 3.91. The van der Waals surface area contributed by atoms with Gasteiger partial charge in [-0.25, -0.2) is 8.78 Å². The molecule has 3 N–H and O–H groups in total. The van der Waals surface area contributed by atoms with Crippen LogP contribution in [0.15, 0.2) is 12.1 Å². The Morgan fingerprint density at radius 1 is 1.35 bits per heavy atom. The first kappa shape index (κ1) is 13.4. The summed E-state index contributed by atoms with van der Waals surface area (Å²) in [5.74, 6) is -2.28. The van der Waals surface area contributed by atoms with Gasteiger partial charge in [0.05, 0.1) is 11.3 Å². The number of benzene rings is 1. The lowest BCUT2D eigenvalue weighted by Crippen LogP contribution is -2.31. The molecule has 1 aromatic rings. The number of nitrogens with zero attached hydrogens (tertiary/aromatic N) is 1. The molecular weight excluding hydrogens is 228 g/mol. The molecule has 4 nitrogen and oxygen atoms in total. The van der Waals surface area contributed by atoms with Gasteiger partial charge in [0.1, 0.15) is 11.6 Å². The van der Waals surface area contributed by atoms with Crippen molar-refractivity contribution in [2.75, 3.05) is 32.9 Å². The lowest BCUT2D eigenvalue weighted by atomic mass is 10.1.